The van der Waals surface area contributed by atoms with E-state index in [4.69, 9.17) is 5.73 Å². The molecule has 0 saturated carbocycles. The van der Waals surface area contributed by atoms with Gasteiger partial charge in [0.1, 0.15) is 0 Å². The van der Waals surface area contributed by atoms with Crippen LogP contribution in [0.1, 0.15) is 27.0 Å². The van der Waals surface area contributed by atoms with Gasteiger partial charge in [0.25, 0.3) is 0 Å². The molecule has 0 atom stereocenters. The first kappa shape index (κ1) is 12.1. The minimum absolute atomic E-state index is 0.399. The molecule has 0 saturated heterocycles. The summed E-state index contributed by atoms with van der Waals surface area (Å²) in [6.07, 6.45) is 4.05. The van der Waals surface area contributed by atoms with Crippen LogP contribution in [0.25, 0.3) is 12.2 Å². The van der Waals surface area contributed by atoms with Gasteiger partial charge in [0.15, 0.2) is 0 Å². The third-order valence-corrected chi connectivity index (χ3v) is 2.74. The molecule has 0 aliphatic carbocycles. The highest BCUT2D eigenvalue weighted by atomic mass is 16.1. The third-order valence-electron chi connectivity index (χ3n) is 2.74. The Labute approximate surface area is 107 Å². The maximum Gasteiger partial charge on any atom is 0.248 e. The maximum atomic E-state index is 10.9. The Morgan fingerprint density at radius 3 is 1.78 bits per heavy atom. The molecule has 2 heteroatoms. The summed E-state index contributed by atoms with van der Waals surface area (Å²) < 4.78 is 0. The van der Waals surface area contributed by atoms with Crippen molar-refractivity contribution >= 4 is 18.1 Å². The van der Waals surface area contributed by atoms with Crippen molar-refractivity contribution in [1.29, 1.82) is 0 Å². The smallest absolute Gasteiger partial charge is 0.248 e. The Bertz CT molecular complexity index is 565. The Morgan fingerprint density at radius 1 is 0.889 bits per heavy atom. The lowest BCUT2D eigenvalue weighted by atomic mass is 10.1. The second-order valence-corrected chi connectivity index (χ2v) is 4.23. The summed E-state index contributed by atoms with van der Waals surface area (Å²) in [5.41, 5.74) is 9.16. The number of amides is 1. The molecule has 18 heavy (non-hydrogen) atoms. The molecule has 0 radical (unpaired) electrons. The van der Waals surface area contributed by atoms with Crippen molar-refractivity contribution in [3.05, 3.63) is 70.8 Å². The monoisotopic (exact) mass is 237 g/mol. The van der Waals surface area contributed by atoms with E-state index in [1.165, 1.54) is 5.56 Å². The average Bonchev–Trinajstić information content (AvgIpc) is 2.38. The van der Waals surface area contributed by atoms with Gasteiger partial charge < -0.3 is 5.73 Å². The van der Waals surface area contributed by atoms with E-state index in [1.807, 2.05) is 24.3 Å². The minimum Gasteiger partial charge on any atom is -0.366 e. The standard InChI is InChI=1S/C16H15NO/c1-12-2-4-13(5-3-12)6-7-14-8-10-15(11-9-14)16(17)18/h2-11H,1H3,(H2,17,18)/b7-6+. The van der Waals surface area contributed by atoms with Gasteiger partial charge in [-0.1, -0.05) is 54.1 Å². The lowest BCUT2D eigenvalue weighted by Crippen LogP contribution is -2.10. The number of aryl methyl sites for hydroxylation is 1. The van der Waals surface area contributed by atoms with E-state index >= 15 is 0 Å². The van der Waals surface area contributed by atoms with Crippen LogP contribution in [0.2, 0.25) is 0 Å². The quantitative estimate of drug-likeness (QED) is 0.818. The van der Waals surface area contributed by atoms with Gasteiger partial charge in [-0.25, -0.2) is 0 Å². The first-order valence-corrected chi connectivity index (χ1v) is 5.80. The van der Waals surface area contributed by atoms with Gasteiger partial charge in [-0.05, 0) is 30.2 Å². The van der Waals surface area contributed by atoms with E-state index in [2.05, 4.69) is 31.2 Å². The lowest BCUT2D eigenvalue weighted by molar-refractivity contribution is 0.100. The van der Waals surface area contributed by atoms with Crippen molar-refractivity contribution < 1.29 is 4.79 Å². The number of nitrogens with two attached hydrogens (primary N) is 1. The summed E-state index contributed by atoms with van der Waals surface area (Å²) in [6, 6.07) is 15.5. The second kappa shape index (κ2) is 5.32. The number of hydrogen-bond donors (Lipinski definition) is 1. The fourth-order valence-electron chi connectivity index (χ4n) is 1.63. The van der Waals surface area contributed by atoms with E-state index < -0.39 is 5.91 Å². The van der Waals surface area contributed by atoms with Gasteiger partial charge in [0.2, 0.25) is 5.91 Å². The largest absolute Gasteiger partial charge is 0.366 e. The summed E-state index contributed by atoms with van der Waals surface area (Å²) in [5, 5.41) is 0. The van der Waals surface area contributed by atoms with Gasteiger partial charge in [0, 0.05) is 5.56 Å². The number of primary amides is 1. The van der Waals surface area contributed by atoms with Gasteiger partial charge in [-0.3, -0.25) is 4.79 Å². The molecule has 0 spiro atoms. The molecular weight excluding hydrogens is 222 g/mol. The average molecular weight is 237 g/mol. The molecule has 0 aliphatic heterocycles. The molecule has 2 N–H and O–H groups in total. The molecule has 2 rings (SSSR count). The summed E-state index contributed by atoms with van der Waals surface area (Å²) in [4.78, 5) is 10.9. The highest BCUT2D eigenvalue weighted by Crippen LogP contribution is 2.10. The van der Waals surface area contributed by atoms with Gasteiger partial charge in [-0.2, -0.15) is 0 Å². The molecule has 2 aromatic carbocycles. The summed E-state index contributed by atoms with van der Waals surface area (Å²) in [6.45, 7) is 2.07. The van der Waals surface area contributed by atoms with E-state index in [9.17, 15) is 4.79 Å². The first-order valence-electron chi connectivity index (χ1n) is 5.80. The molecule has 2 nitrogen and oxygen atoms in total. The molecule has 0 aromatic heterocycles. The van der Waals surface area contributed by atoms with E-state index in [-0.39, 0.29) is 0 Å². The van der Waals surface area contributed by atoms with Crippen molar-refractivity contribution in [2.24, 2.45) is 5.73 Å². The zero-order chi connectivity index (χ0) is 13.0. The van der Waals surface area contributed by atoms with Crippen LogP contribution in [0.3, 0.4) is 0 Å². The Kier molecular flexibility index (Phi) is 3.58. The summed E-state index contributed by atoms with van der Waals surface area (Å²) in [5.74, 6) is -0.399. The van der Waals surface area contributed by atoms with Crippen LogP contribution in [0.4, 0.5) is 0 Å². The molecule has 90 valence electrons. The number of rotatable bonds is 3. The van der Waals surface area contributed by atoms with Crippen molar-refractivity contribution in [3.63, 3.8) is 0 Å². The van der Waals surface area contributed by atoms with Crippen LogP contribution in [0.15, 0.2) is 48.5 Å². The van der Waals surface area contributed by atoms with Crippen LogP contribution >= 0.6 is 0 Å². The van der Waals surface area contributed by atoms with Crippen LogP contribution in [-0.4, -0.2) is 5.91 Å². The number of carbonyl (C=O) groups is 1. The maximum absolute atomic E-state index is 10.9. The lowest BCUT2D eigenvalue weighted by Gasteiger charge is -1.97. The molecule has 2 aromatic rings. The topological polar surface area (TPSA) is 43.1 Å². The Morgan fingerprint density at radius 2 is 1.33 bits per heavy atom. The van der Waals surface area contributed by atoms with Crippen molar-refractivity contribution in [1.82, 2.24) is 0 Å². The van der Waals surface area contributed by atoms with Crippen LogP contribution < -0.4 is 5.73 Å². The molecule has 0 unspecified atom stereocenters. The highest BCUT2D eigenvalue weighted by molar-refractivity contribution is 5.93. The molecule has 0 bridgehead atoms. The summed E-state index contributed by atoms with van der Waals surface area (Å²) in [7, 11) is 0. The number of benzene rings is 2. The molecule has 0 aliphatic rings. The second-order valence-electron chi connectivity index (χ2n) is 4.23. The predicted molar refractivity (Wildman–Crippen MR) is 75.1 cm³/mol. The van der Waals surface area contributed by atoms with Gasteiger partial charge >= 0.3 is 0 Å². The predicted octanol–water partition coefficient (Wildman–Crippen LogP) is 3.26. The SMILES string of the molecule is Cc1ccc(/C=C/c2ccc(C(N)=O)cc2)cc1. The van der Waals surface area contributed by atoms with E-state index in [1.54, 1.807) is 12.1 Å². The summed E-state index contributed by atoms with van der Waals surface area (Å²) >= 11 is 0. The molecule has 1 amide bonds. The Balaban J connectivity index is 2.13. The van der Waals surface area contributed by atoms with Crippen molar-refractivity contribution in [2.75, 3.05) is 0 Å². The van der Waals surface area contributed by atoms with Crippen LogP contribution in [0.5, 0.6) is 0 Å². The first-order chi connectivity index (χ1) is 8.65. The molecule has 0 fully saturated rings. The number of carbonyl (C=O) groups excluding carboxylic acids is 1. The highest BCUT2D eigenvalue weighted by Gasteiger charge is 1.97. The zero-order valence-electron chi connectivity index (χ0n) is 10.3. The minimum atomic E-state index is -0.399. The van der Waals surface area contributed by atoms with E-state index in [0.29, 0.717) is 5.56 Å². The van der Waals surface area contributed by atoms with Crippen LogP contribution in [-0.2, 0) is 0 Å². The normalized spacial score (nSPS) is 10.7. The zero-order valence-corrected chi connectivity index (χ0v) is 10.3. The van der Waals surface area contributed by atoms with Crippen molar-refractivity contribution in [3.8, 4) is 0 Å². The fourth-order valence-corrected chi connectivity index (χ4v) is 1.63. The Hall–Kier alpha value is -2.35. The van der Waals surface area contributed by atoms with Gasteiger partial charge in [0.05, 0.1) is 0 Å². The molecular formula is C16H15NO. The number of hydrogen-bond acceptors (Lipinski definition) is 1. The van der Waals surface area contributed by atoms with Gasteiger partial charge in [-0.15, -0.1) is 0 Å². The molecule has 0 heterocycles. The fraction of sp³-hybridized carbons (Fsp3) is 0.0625. The van der Waals surface area contributed by atoms with Crippen molar-refractivity contribution in [2.45, 2.75) is 6.92 Å². The van der Waals surface area contributed by atoms with Crippen LogP contribution in [0, 0.1) is 6.92 Å². The van der Waals surface area contributed by atoms with E-state index in [0.717, 1.165) is 11.1 Å². The third kappa shape index (κ3) is 3.08.